The molecule has 0 bridgehead atoms. The summed E-state index contributed by atoms with van der Waals surface area (Å²) >= 11 is 7.97. The number of para-hydroxylation sites is 1. The van der Waals surface area contributed by atoms with Crippen LogP contribution in [-0.2, 0) is 4.79 Å². The number of nitrogens with zero attached hydrogens (tertiary/aromatic N) is 1. The summed E-state index contributed by atoms with van der Waals surface area (Å²) in [5.41, 5.74) is 0.810. The van der Waals surface area contributed by atoms with Gasteiger partial charge in [0.25, 0.3) is 0 Å². The number of hydrogen-bond donors (Lipinski definition) is 1. The number of carbonyl (C=O) groups excluding carboxylic acids is 1. The number of halogens is 1. The Morgan fingerprint density at radius 3 is 2.74 bits per heavy atom. The molecule has 0 atom stereocenters. The Balaban J connectivity index is 1.95. The van der Waals surface area contributed by atoms with Crippen molar-refractivity contribution in [3.63, 3.8) is 0 Å². The second-order valence-corrected chi connectivity index (χ2v) is 7.74. The molecule has 144 valence electrons. The van der Waals surface area contributed by atoms with Crippen LogP contribution in [0.3, 0.4) is 0 Å². The molecule has 0 aliphatic rings. The van der Waals surface area contributed by atoms with Gasteiger partial charge in [-0.3, -0.25) is 4.79 Å². The quantitative estimate of drug-likeness (QED) is 0.490. The first-order valence-electron chi connectivity index (χ1n) is 8.70. The van der Waals surface area contributed by atoms with Crippen molar-refractivity contribution < 1.29 is 9.53 Å². The van der Waals surface area contributed by atoms with Crippen LogP contribution in [0.25, 0.3) is 6.08 Å². The van der Waals surface area contributed by atoms with Crippen molar-refractivity contribution in [1.82, 2.24) is 10.2 Å². The average molecular weight is 405 g/mol. The minimum atomic E-state index is -0.114. The summed E-state index contributed by atoms with van der Waals surface area (Å²) in [5, 5.41) is 3.47. The van der Waals surface area contributed by atoms with Crippen LogP contribution in [0.2, 0.25) is 5.02 Å². The summed E-state index contributed by atoms with van der Waals surface area (Å²) in [6.45, 7) is 1.60. The SMILES string of the molecule is COc1ccccc1Sc1ccc(/C=C/C(=O)NCCCN(C)C)c(Cl)c1. The van der Waals surface area contributed by atoms with Gasteiger partial charge in [0.15, 0.2) is 0 Å². The number of benzene rings is 2. The summed E-state index contributed by atoms with van der Waals surface area (Å²) in [7, 11) is 5.69. The van der Waals surface area contributed by atoms with Gasteiger partial charge in [0, 0.05) is 22.5 Å². The predicted molar refractivity (Wildman–Crippen MR) is 114 cm³/mol. The molecule has 0 aliphatic heterocycles. The van der Waals surface area contributed by atoms with E-state index in [1.165, 1.54) is 6.08 Å². The van der Waals surface area contributed by atoms with E-state index in [-0.39, 0.29) is 5.91 Å². The summed E-state index contributed by atoms with van der Waals surface area (Å²) in [6.07, 6.45) is 4.17. The zero-order valence-corrected chi connectivity index (χ0v) is 17.4. The van der Waals surface area contributed by atoms with Gasteiger partial charge in [-0.2, -0.15) is 0 Å². The molecule has 27 heavy (non-hydrogen) atoms. The Bertz CT molecular complexity index is 794. The van der Waals surface area contributed by atoms with Gasteiger partial charge >= 0.3 is 0 Å². The van der Waals surface area contributed by atoms with Gasteiger partial charge < -0.3 is 15.0 Å². The monoisotopic (exact) mass is 404 g/mol. The fourth-order valence-electron chi connectivity index (χ4n) is 2.37. The number of amides is 1. The maximum Gasteiger partial charge on any atom is 0.244 e. The Kier molecular flexibility index (Phi) is 8.72. The molecule has 0 aliphatic carbocycles. The van der Waals surface area contributed by atoms with Crippen molar-refractivity contribution in [2.75, 3.05) is 34.3 Å². The molecule has 0 aromatic heterocycles. The molecule has 0 heterocycles. The lowest BCUT2D eigenvalue weighted by molar-refractivity contribution is -0.116. The molecule has 0 fully saturated rings. The zero-order chi connectivity index (χ0) is 19.6. The van der Waals surface area contributed by atoms with Gasteiger partial charge in [-0.15, -0.1) is 0 Å². The van der Waals surface area contributed by atoms with Gasteiger partial charge in [-0.1, -0.05) is 41.6 Å². The molecule has 4 nitrogen and oxygen atoms in total. The second kappa shape index (κ2) is 11.0. The molecule has 0 spiro atoms. The van der Waals surface area contributed by atoms with Crippen LogP contribution in [-0.4, -0.2) is 45.1 Å². The summed E-state index contributed by atoms with van der Waals surface area (Å²) in [4.78, 5) is 16.0. The van der Waals surface area contributed by atoms with Crippen LogP contribution in [0.4, 0.5) is 0 Å². The van der Waals surface area contributed by atoms with Crippen molar-refractivity contribution in [2.45, 2.75) is 16.2 Å². The molecular formula is C21H25ClN2O2S. The number of carbonyl (C=O) groups is 1. The zero-order valence-electron chi connectivity index (χ0n) is 15.9. The van der Waals surface area contributed by atoms with Gasteiger partial charge in [0.05, 0.1) is 12.0 Å². The van der Waals surface area contributed by atoms with Crippen LogP contribution in [0.5, 0.6) is 5.75 Å². The Morgan fingerprint density at radius 2 is 2.04 bits per heavy atom. The van der Waals surface area contributed by atoms with Gasteiger partial charge in [-0.05, 0) is 63.0 Å². The summed E-state index contributed by atoms with van der Waals surface area (Å²) in [6, 6.07) is 13.6. The summed E-state index contributed by atoms with van der Waals surface area (Å²) < 4.78 is 5.38. The third-order valence-electron chi connectivity index (χ3n) is 3.76. The van der Waals surface area contributed by atoms with E-state index >= 15 is 0 Å². The molecule has 2 rings (SSSR count). The normalized spacial score (nSPS) is 11.1. The van der Waals surface area contributed by atoms with Crippen molar-refractivity contribution in [2.24, 2.45) is 0 Å². The first-order valence-corrected chi connectivity index (χ1v) is 9.90. The maximum atomic E-state index is 11.9. The highest BCUT2D eigenvalue weighted by molar-refractivity contribution is 7.99. The molecule has 0 saturated carbocycles. The van der Waals surface area contributed by atoms with E-state index in [9.17, 15) is 4.79 Å². The first kappa shape index (κ1) is 21.4. The van der Waals surface area contributed by atoms with E-state index in [2.05, 4.69) is 10.2 Å². The minimum absolute atomic E-state index is 0.114. The van der Waals surface area contributed by atoms with Crippen LogP contribution in [0.15, 0.2) is 58.3 Å². The van der Waals surface area contributed by atoms with E-state index in [4.69, 9.17) is 16.3 Å². The second-order valence-electron chi connectivity index (χ2n) is 6.22. The van der Waals surface area contributed by atoms with E-state index in [1.807, 2.05) is 56.6 Å². The van der Waals surface area contributed by atoms with Crippen LogP contribution < -0.4 is 10.1 Å². The number of rotatable bonds is 9. The van der Waals surface area contributed by atoms with Crippen molar-refractivity contribution in [3.8, 4) is 5.75 Å². The molecule has 0 unspecified atom stereocenters. The average Bonchev–Trinajstić information content (AvgIpc) is 2.65. The van der Waals surface area contributed by atoms with E-state index in [0.29, 0.717) is 11.6 Å². The highest BCUT2D eigenvalue weighted by Crippen LogP contribution is 2.36. The van der Waals surface area contributed by atoms with Crippen molar-refractivity contribution in [1.29, 1.82) is 0 Å². The lowest BCUT2D eigenvalue weighted by Crippen LogP contribution is -2.25. The fourth-order valence-corrected chi connectivity index (χ4v) is 3.64. The molecule has 2 aromatic carbocycles. The molecule has 0 radical (unpaired) electrons. The third-order valence-corrected chi connectivity index (χ3v) is 5.14. The Labute approximate surface area is 170 Å². The van der Waals surface area contributed by atoms with Crippen LogP contribution >= 0.6 is 23.4 Å². The standard InChI is InChI=1S/C21H25ClN2O2S/c1-24(2)14-6-13-23-21(25)12-10-16-9-11-17(15-18(16)22)27-20-8-5-4-7-19(20)26-3/h4-5,7-12,15H,6,13-14H2,1-3H3,(H,23,25)/b12-10+. The molecular weight excluding hydrogens is 380 g/mol. The van der Waals surface area contributed by atoms with Gasteiger partial charge in [0.2, 0.25) is 5.91 Å². The largest absolute Gasteiger partial charge is 0.496 e. The minimum Gasteiger partial charge on any atom is -0.496 e. The third kappa shape index (κ3) is 7.29. The summed E-state index contributed by atoms with van der Waals surface area (Å²) in [5.74, 6) is 0.714. The van der Waals surface area contributed by atoms with E-state index < -0.39 is 0 Å². The number of nitrogens with one attached hydrogen (secondary N) is 1. The number of ether oxygens (including phenoxy) is 1. The number of hydrogen-bond acceptors (Lipinski definition) is 4. The lowest BCUT2D eigenvalue weighted by atomic mass is 10.2. The van der Waals surface area contributed by atoms with Gasteiger partial charge in [0.1, 0.15) is 5.75 Å². The van der Waals surface area contributed by atoms with Crippen molar-refractivity contribution >= 4 is 35.3 Å². The molecule has 2 aromatic rings. The van der Waals surface area contributed by atoms with Crippen LogP contribution in [0, 0.1) is 0 Å². The Morgan fingerprint density at radius 1 is 1.26 bits per heavy atom. The maximum absolute atomic E-state index is 11.9. The van der Waals surface area contributed by atoms with Crippen molar-refractivity contribution in [3.05, 3.63) is 59.1 Å². The highest BCUT2D eigenvalue weighted by Gasteiger charge is 2.06. The smallest absolute Gasteiger partial charge is 0.244 e. The van der Waals surface area contributed by atoms with E-state index in [1.54, 1.807) is 24.9 Å². The molecule has 6 heteroatoms. The first-order chi connectivity index (χ1) is 13.0. The lowest BCUT2D eigenvalue weighted by Gasteiger charge is -2.09. The highest BCUT2D eigenvalue weighted by atomic mass is 35.5. The van der Waals surface area contributed by atoms with Gasteiger partial charge in [-0.25, -0.2) is 0 Å². The molecule has 1 amide bonds. The predicted octanol–water partition coefficient (Wildman–Crippen LogP) is 4.58. The van der Waals surface area contributed by atoms with E-state index in [0.717, 1.165) is 34.1 Å². The fraction of sp³-hybridized carbons (Fsp3) is 0.286. The van der Waals surface area contributed by atoms with Crippen LogP contribution in [0.1, 0.15) is 12.0 Å². The molecule has 1 N–H and O–H groups in total. The topological polar surface area (TPSA) is 41.6 Å². The number of methoxy groups -OCH3 is 1. The Hall–Kier alpha value is -1.95. The molecule has 0 saturated heterocycles.